The molecule has 2 heterocycles. The lowest BCUT2D eigenvalue weighted by molar-refractivity contribution is 1.17. The standard InChI is InChI=1S/C60H42N2Si/c1-7-24-43(25-8-1)51-42-55-59(50-37-20-21-38-52(50)61(55)45-28-11-3-12-29-45)57(44-26-9-2-10-27-44)60(51)62-53-39-22-19-36-49(53)58-54(62)40-23-41-56(58)63(46-30-13-4-14-31-46,47-32-15-5-16-33-47)48-34-17-6-18-35-48/h1-42H. The molecule has 0 saturated heterocycles. The summed E-state index contributed by atoms with van der Waals surface area (Å²) in [5, 5.41) is 10.4. The summed E-state index contributed by atoms with van der Waals surface area (Å²) in [5.74, 6) is 0. The second kappa shape index (κ2) is 15.2. The summed E-state index contributed by atoms with van der Waals surface area (Å²) in [6.07, 6.45) is 0. The molecule has 0 amide bonds. The van der Waals surface area contributed by atoms with Gasteiger partial charge >= 0.3 is 0 Å². The highest BCUT2D eigenvalue weighted by Gasteiger charge is 2.43. The lowest BCUT2D eigenvalue weighted by Crippen LogP contribution is -2.74. The molecule has 0 aliphatic heterocycles. The van der Waals surface area contributed by atoms with E-state index in [4.69, 9.17) is 0 Å². The van der Waals surface area contributed by atoms with E-state index >= 15 is 0 Å². The zero-order valence-electron chi connectivity index (χ0n) is 34.6. The van der Waals surface area contributed by atoms with Crippen molar-refractivity contribution < 1.29 is 0 Å². The van der Waals surface area contributed by atoms with E-state index < -0.39 is 8.07 Å². The first-order valence-corrected chi connectivity index (χ1v) is 23.8. The number of fused-ring (bicyclic) bond motifs is 6. The average Bonchev–Trinajstić information content (AvgIpc) is 3.88. The minimum Gasteiger partial charge on any atom is -0.309 e. The second-order valence-corrected chi connectivity index (χ2v) is 20.1. The first kappa shape index (κ1) is 36.8. The largest absolute Gasteiger partial charge is 0.309 e. The molecule has 12 rings (SSSR count). The molecule has 10 aromatic carbocycles. The number of nitrogens with zero attached hydrogens (tertiary/aromatic N) is 2. The van der Waals surface area contributed by atoms with Gasteiger partial charge in [-0.2, -0.15) is 0 Å². The molecule has 0 atom stereocenters. The van der Waals surface area contributed by atoms with E-state index in [1.54, 1.807) is 0 Å². The molecule has 0 N–H and O–H groups in total. The first-order chi connectivity index (χ1) is 31.3. The SMILES string of the molecule is c1ccc(-c2cc3c(c(-c4ccccc4)c2-n2c4ccccc4c4c([Si](c5ccccc5)(c5ccccc5)c5ccccc5)cccc42)c2ccccc2n3-c2ccccc2)cc1. The molecule has 12 aromatic rings. The minimum absolute atomic E-state index is 1.14. The van der Waals surface area contributed by atoms with Gasteiger partial charge in [-0.25, -0.2) is 0 Å². The van der Waals surface area contributed by atoms with Gasteiger partial charge < -0.3 is 9.13 Å². The smallest absolute Gasteiger partial charge is 0.180 e. The highest BCUT2D eigenvalue weighted by atomic mass is 28.3. The third-order valence-corrected chi connectivity index (χ3v) is 17.9. The van der Waals surface area contributed by atoms with E-state index in [1.165, 1.54) is 92.3 Å². The van der Waals surface area contributed by atoms with Gasteiger partial charge in [-0.15, -0.1) is 0 Å². The Morgan fingerprint density at radius 2 is 0.730 bits per heavy atom. The molecule has 3 heteroatoms. The van der Waals surface area contributed by atoms with E-state index in [1.807, 2.05) is 0 Å². The molecule has 0 aliphatic rings. The van der Waals surface area contributed by atoms with Crippen LogP contribution in [-0.4, -0.2) is 17.2 Å². The first-order valence-electron chi connectivity index (χ1n) is 21.8. The highest BCUT2D eigenvalue weighted by Crippen LogP contribution is 2.48. The van der Waals surface area contributed by atoms with Crippen molar-refractivity contribution in [2.24, 2.45) is 0 Å². The third-order valence-electron chi connectivity index (χ3n) is 13.0. The lowest BCUT2D eigenvalue weighted by atomic mass is 9.91. The van der Waals surface area contributed by atoms with Crippen LogP contribution >= 0.6 is 0 Å². The Hall–Kier alpha value is -7.98. The van der Waals surface area contributed by atoms with Gasteiger partial charge in [0.05, 0.1) is 27.8 Å². The summed E-state index contributed by atoms with van der Waals surface area (Å²) >= 11 is 0. The number of benzene rings is 10. The fraction of sp³-hybridized carbons (Fsp3) is 0. The Labute approximate surface area is 368 Å². The van der Waals surface area contributed by atoms with Gasteiger partial charge in [-0.1, -0.05) is 218 Å². The van der Waals surface area contributed by atoms with Crippen molar-refractivity contribution in [1.82, 2.24) is 9.13 Å². The molecule has 2 aromatic heterocycles. The Morgan fingerprint density at radius 3 is 1.29 bits per heavy atom. The Bertz CT molecular complexity index is 3480. The summed E-state index contributed by atoms with van der Waals surface area (Å²) in [6, 6.07) is 94.4. The van der Waals surface area contributed by atoms with Crippen molar-refractivity contribution in [3.63, 3.8) is 0 Å². The molecule has 63 heavy (non-hydrogen) atoms. The normalized spacial score (nSPS) is 11.8. The van der Waals surface area contributed by atoms with Crippen molar-refractivity contribution >= 4 is 72.4 Å². The maximum absolute atomic E-state index is 2.96. The number of aromatic nitrogens is 2. The molecule has 0 spiro atoms. The molecule has 0 radical (unpaired) electrons. The van der Waals surface area contributed by atoms with Crippen LogP contribution in [0, 0.1) is 0 Å². The Kier molecular flexibility index (Phi) is 8.87. The predicted octanol–water partition coefficient (Wildman–Crippen LogP) is 12.6. The minimum atomic E-state index is -2.96. The van der Waals surface area contributed by atoms with Crippen molar-refractivity contribution in [2.45, 2.75) is 0 Å². The van der Waals surface area contributed by atoms with Crippen molar-refractivity contribution in [3.05, 3.63) is 255 Å². The lowest BCUT2D eigenvalue weighted by Gasteiger charge is -2.35. The van der Waals surface area contributed by atoms with E-state index in [0.29, 0.717) is 0 Å². The molecular weight excluding hydrogens is 777 g/mol. The van der Waals surface area contributed by atoms with Crippen LogP contribution in [0.2, 0.25) is 0 Å². The van der Waals surface area contributed by atoms with E-state index in [2.05, 4.69) is 264 Å². The van der Waals surface area contributed by atoms with Gasteiger partial charge in [0.25, 0.3) is 0 Å². The van der Waals surface area contributed by atoms with E-state index in [9.17, 15) is 0 Å². The molecule has 0 aliphatic carbocycles. The van der Waals surface area contributed by atoms with Gasteiger partial charge in [0.1, 0.15) is 0 Å². The Balaban J connectivity index is 1.31. The van der Waals surface area contributed by atoms with Crippen molar-refractivity contribution in [1.29, 1.82) is 0 Å². The van der Waals surface area contributed by atoms with E-state index in [-0.39, 0.29) is 0 Å². The third kappa shape index (κ3) is 5.71. The number of hydrogen-bond donors (Lipinski definition) is 0. The van der Waals surface area contributed by atoms with Gasteiger partial charge in [-0.05, 0) is 68.3 Å². The van der Waals surface area contributed by atoms with Crippen LogP contribution in [0.3, 0.4) is 0 Å². The van der Waals surface area contributed by atoms with Crippen LogP contribution in [0.15, 0.2) is 255 Å². The van der Waals surface area contributed by atoms with Gasteiger partial charge in [0.2, 0.25) is 0 Å². The number of hydrogen-bond acceptors (Lipinski definition) is 0. The van der Waals surface area contributed by atoms with Crippen LogP contribution in [0.4, 0.5) is 0 Å². The fourth-order valence-electron chi connectivity index (χ4n) is 10.5. The molecule has 0 saturated carbocycles. The molecule has 0 unspecified atom stereocenters. The summed E-state index contributed by atoms with van der Waals surface area (Å²) < 4.78 is 5.06. The molecule has 296 valence electrons. The quantitative estimate of drug-likeness (QED) is 0.107. The summed E-state index contributed by atoms with van der Waals surface area (Å²) in [4.78, 5) is 0. The van der Waals surface area contributed by atoms with Crippen LogP contribution in [-0.2, 0) is 0 Å². The number of para-hydroxylation sites is 3. The molecule has 2 nitrogen and oxygen atoms in total. The fourth-order valence-corrected chi connectivity index (χ4v) is 15.5. The van der Waals surface area contributed by atoms with Crippen LogP contribution in [0.5, 0.6) is 0 Å². The Morgan fingerprint density at radius 1 is 0.302 bits per heavy atom. The van der Waals surface area contributed by atoms with Crippen molar-refractivity contribution in [3.8, 4) is 33.6 Å². The van der Waals surface area contributed by atoms with Crippen LogP contribution in [0.1, 0.15) is 0 Å². The highest BCUT2D eigenvalue weighted by molar-refractivity contribution is 7.20. The maximum Gasteiger partial charge on any atom is 0.180 e. The molecular formula is C60H42N2Si. The van der Waals surface area contributed by atoms with Gasteiger partial charge in [0, 0.05) is 38.4 Å². The average molecular weight is 819 g/mol. The predicted molar refractivity (Wildman–Crippen MR) is 270 cm³/mol. The molecule has 0 fully saturated rings. The summed E-state index contributed by atoms with van der Waals surface area (Å²) in [5.41, 5.74) is 11.8. The number of rotatable bonds is 8. The van der Waals surface area contributed by atoms with Crippen LogP contribution in [0.25, 0.3) is 77.2 Å². The van der Waals surface area contributed by atoms with Crippen molar-refractivity contribution in [2.75, 3.05) is 0 Å². The van der Waals surface area contributed by atoms with Crippen LogP contribution < -0.4 is 20.7 Å². The van der Waals surface area contributed by atoms with E-state index in [0.717, 1.165) is 5.69 Å². The summed E-state index contributed by atoms with van der Waals surface area (Å²) in [7, 11) is -2.96. The second-order valence-electron chi connectivity index (χ2n) is 16.4. The van der Waals surface area contributed by atoms with Gasteiger partial charge in [-0.3, -0.25) is 0 Å². The van der Waals surface area contributed by atoms with Gasteiger partial charge in [0.15, 0.2) is 8.07 Å². The summed E-state index contributed by atoms with van der Waals surface area (Å²) in [6.45, 7) is 0. The monoisotopic (exact) mass is 818 g/mol. The maximum atomic E-state index is 2.60. The zero-order valence-corrected chi connectivity index (χ0v) is 35.6. The molecule has 0 bridgehead atoms. The zero-order chi connectivity index (χ0) is 41.7. The topological polar surface area (TPSA) is 9.86 Å².